The van der Waals surface area contributed by atoms with Gasteiger partial charge in [0, 0.05) is 18.5 Å². The highest BCUT2D eigenvalue weighted by atomic mass is 32.2. The van der Waals surface area contributed by atoms with Crippen molar-refractivity contribution in [1.29, 1.82) is 0 Å². The Hall–Kier alpha value is -2.46. The largest absolute Gasteiger partial charge is 0.284 e. The summed E-state index contributed by atoms with van der Waals surface area (Å²) in [7, 11) is -3.52. The van der Waals surface area contributed by atoms with Gasteiger partial charge in [-0.25, -0.2) is 8.42 Å². The second kappa shape index (κ2) is 5.63. The van der Waals surface area contributed by atoms with E-state index >= 15 is 0 Å². The normalized spacial score (nSPS) is 11.7. The van der Waals surface area contributed by atoms with Gasteiger partial charge in [-0.1, -0.05) is 6.07 Å². The van der Waals surface area contributed by atoms with Crippen LogP contribution in [0.3, 0.4) is 0 Å². The molecule has 118 valence electrons. The van der Waals surface area contributed by atoms with Gasteiger partial charge < -0.3 is 0 Å². The van der Waals surface area contributed by atoms with Gasteiger partial charge >= 0.3 is 0 Å². The van der Waals surface area contributed by atoms with Crippen LogP contribution in [0.25, 0.3) is 5.65 Å². The molecule has 0 aliphatic heterocycles. The SMILES string of the molecule is CS(=O)(=O)c1ccc(Sc2nnc3ccccn23)c([N+](=O)[O-])c1. The summed E-state index contributed by atoms with van der Waals surface area (Å²) in [6, 6.07) is 9.17. The molecule has 0 aliphatic rings. The van der Waals surface area contributed by atoms with Crippen molar-refractivity contribution in [2.45, 2.75) is 14.9 Å². The fourth-order valence-electron chi connectivity index (χ4n) is 1.94. The van der Waals surface area contributed by atoms with Gasteiger partial charge in [0.1, 0.15) is 0 Å². The zero-order valence-corrected chi connectivity index (χ0v) is 13.4. The average Bonchev–Trinajstić information content (AvgIpc) is 2.90. The summed E-state index contributed by atoms with van der Waals surface area (Å²) in [5, 5.41) is 19.7. The molecule has 2 heterocycles. The Bertz CT molecular complexity index is 1010. The quantitative estimate of drug-likeness (QED) is 0.524. The Morgan fingerprint density at radius 1 is 1.22 bits per heavy atom. The summed E-state index contributed by atoms with van der Waals surface area (Å²) >= 11 is 1.05. The number of hydrogen-bond acceptors (Lipinski definition) is 7. The summed E-state index contributed by atoms with van der Waals surface area (Å²) in [5.41, 5.74) is 0.330. The molecule has 1 aromatic carbocycles. The average molecular weight is 350 g/mol. The minimum atomic E-state index is -3.52. The van der Waals surface area contributed by atoms with Crippen LogP contribution in [-0.2, 0) is 9.84 Å². The van der Waals surface area contributed by atoms with Crippen LogP contribution in [0.1, 0.15) is 0 Å². The number of rotatable bonds is 4. The lowest BCUT2D eigenvalue weighted by atomic mass is 10.3. The van der Waals surface area contributed by atoms with Crippen LogP contribution in [0.5, 0.6) is 0 Å². The lowest BCUT2D eigenvalue weighted by Crippen LogP contribution is -2.00. The van der Waals surface area contributed by atoms with Gasteiger partial charge in [0.05, 0.1) is 14.7 Å². The first-order valence-corrected chi connectivity index (χ1v) is 9.03. The molecule has 2 aromatic heterocycles. The first-order chi connectivity index (χ1) is 10.9. The zero-order chi connectivity index (χ0) is 16.6. The van der Waals surface area contributed by atoms with E-state index in [2.05, 4.69) is 10.2 Å². The van der Waals surface area contributed by atoms with Crippen molar-refractivity contribution in [2.24, 2.45) is 0 Å². The number of nitro benzene ring substituents is 1. The van der Waals surface area contributed by atoms with E-state index in [9.17, 15) is 18.5 Å². The maximum atomic E-state index is 11.6. The third kappa shape index (κ3) is 3.03. The first kappa shape index (κ1) is 15.4. The highest BCUT2D eigenvalue weighted by Gasteiger charge is 2.21. The molecule has 23 heavy (non-hydrogen) atoms. The van der Waals surface area contributed by atoms with Crippen LogP contribution in [0.4, 0.5) is 5.69 Å². The molecule has 0 saturated heterocycles. The number of sulfone groups is 1. The second-order valence-corrected chi connectivity index (χ2v) is 7.70. The maximum absolute atomic E-state index is 11.6. The second-order valence-electron chi connectivity index (χ2n) is 4.67. The molecule has 3 aromatic rings. The minimum absolute atomic E-state index is 0.0975. The lowest BCUT2D eigenvalue weighted by molar-refractivity contribution is -0.388. The van der Waals surface area contributed by atoms with E-state index < -0.39 is 14.8 Å². The smallest absolute Gasteiger partial charge is 0.277 e. The molecule has 0 atom stereocenters. The van der Waals surface area contributed by atoms with E-state index in [0.29, 0.717) is 15.7 Å². The third-order valence-electron chi connectivity index (χ3n) is 3.04. The van der Waals surface area contributed by atoms with Crippen molar-refractivity contribution in [3.8, 4) is 0 Å². The predicted octanol–water partition coefficient (Wildman–Crippen LogP) is 2.19. The van der Waals surface area contributed by atoms with E-state index in [1.54, 1.807) is 22.7 Å². The fraction of sp³-hybridized carbons (Fsp3) is 0.0769. The summed E-state index contributed by atoms with van der Waals surface area (Å²) in [4.78, 5) is 10.8. The molecule has 0 aliphatic carbocycles. The molecule has 0 N–H and O–H groups in total. The topological polar surface area (TPSA) is 107 Å². The van der Waals surface area contributed by atoms with Gasteiger partial charge in [-0.2, -0.15) is 0 Å². The Morgan fingerprint density at radius 2 is 2.00 bits per heavy atom. The van der Waals surface area contributed by atoms with Gasteiger partial charge in [0.15, 0.2) is 15.5 Å². The van der Waals surface area contributed by atoms with E-state index in [0.717, 1.165) is 24.1 Å². The van der Waals surface area contributed by atoms with Gasteiger partial charge in [0.2, 0.25) is 5.16 Å². The standard InChI is InChI=1S/C13H10N4O4S2/c1-23(20,21)9-5-6-11(10(8-9)17(18)19)22-13-15-14-12-4-2-3-7-16(12)13/h2-8H,1H3. The summed E-state index contributed by atoms with van der Waals surface area (Å²) in [6.45, 7) is 0. The monoisotopic (exact) mass is 350 g/mol. The highest BCUT2D eigenvalue weighted by molar-refractivity contribution is 7.99. The van der Waals surface area contributed by atoms with Crippen LogP contribution in [-0.4, -0.2) is 34.2 Å². The van der Waals surface area contributed by atoms with Crippen molar-refractivity contribution in [3.63, 3.8) is 0 Å². The Morgan fingerprint density at radius 3 is 2.70 bits per heavy atom. The van der Waals surface area contributed by atoms with E-state index in [-0.39, 0.29) is 10.6 Å². The molecule has 0 fully saturated rings. The molecule has 0 unspecified atom stereocenters. The highest BCUT2D eigenvalue weighted by Crippen LogP contribution is 2.35. The van der Waals surface area contributed by atoms with Gasteiger partial charge in [-0.15, -0.1) is 10.2 Å². The number of nitro groups is 1. The number of hydrogen-bond donors (Lipinski definition) is 0. The van der Waals surface area contributed by atoms with Crippen molar-refractivity contribution in [2.75, 3.05) is 6.26 Å². The Balaban J connectivity index is 2.08. The van der Waals surface area contributed by atoms with E-state index in [4.69, 9.17) is 0 Å². The zero-order valence-electron chi connectivity index (χ0n) is 11.8. The van der Waals surface area contributed by atoms with Gasteiger partial charge in [0.25, 0.3) is 5.69 Å². The van der Waals surface area contributed by atoms with Gasteiger partial charge in [-0.05, 0) is 36.0 Å². The molecule has 0 amide bonds. The van der Waals surface area contributed by atoms with Crippen LogP contribution in [0.2, 0.25) is 0 Å². The molecule has 0 saturated carbocycles. The van der Waals surface area contributed by atoms with E-state index in [1.165, 1.54) is 12.1 Å². The van der Waals surface area contributed by atoms with Crippen LogP contribution in [0, 0.1) is 10.1 Å². The maximum Gasteiger partial charge on any atom is 0.284 e. The number of fused-ring (bicyclic) bond motifs is 1. The molecular formula is C13H10N4O4S2. The first-order valence-electron chi connectivity index (χ1n) is 6.32. The van der Waals surface area contributed by atoms with Crippen molar-refractivity contribution >= 4 is 32.9 Å². The summed E-state index contributed by atoms with van der Waals surface area (Å²) < 4.78 is 24.8. The van der Waals surface area contributed by atoms with Crippen LogP contribution < -0.4 is 0 Å². The molecule has 0 spiro atoms. The summed E-state index contributed by atoms with van der Waals surface area (Å²) in [6.07, 6.45) is 2.75. The molecule has 0 radical (unpaired) electrons. The van der Waals surface area contributed by atoms with E-state index in [1.807, 2.05) is 6.07 Å². The molecule has 3 rings (SSSR count). The molecule has 0 bridgehead atoms. The fourth-order valence-corrected chi connectivity index (χ4v) is 3.49. The number of pyridine rings is 1. The van der Waals surface area contributed by atoms with Crippen LogP contribution >= 0.6 is 11.8 Å². The molecule has 8 nitrogen and oxygen atoms in total. The van der Waals surface area contributed by atoms with Gasteiger partial charge in [-0.3, -0.25) is 14.5 Å². The van der Waals surface area contributed by atoms with Crippen LogP contribution in [0.15, 0.2) is 57.5 Å². The number of benzene rings is 1. The Labute approximate surface area is 135 Å². The third-order valence-corrected chi connectivity index (χ3v) is 5.18. The van der Waals surface area contributed by atoms with Crippen molar-refractivity contribution in [3.05, 3.63) is 52.7 Å². The minimum Gasteiger partial charge on any atom is -0.277 e. The lowest BCUT2D eigenvalue weighted by Gasteiger charge is -2.04. The Kier molecular flexibility index (Phi) is 3.78. The predicted molar refractivity (Wildman–Crippen MR) is 83.3 cm³/mol. The molecule has 10 heteroatoms. The van der Waals surface area contributed by atoms with Crippen molar-refractivity contribution < 1.29 is 13.3 Å². The number of aromatic nitrogens is 3. The van der Waals surface area contributed by atoms with Crippen molar-refractivity contribution in [1.82, 2.24) is 14.6 Å². The molecular weight excluding hydrogens is 340 g/mol. The summed E-state index contributed by atoms with van der Waals surface area (Å²) in [5.74, 6) is 0. The number of nitrogens with zero attached hydrogens (tertiary/aromatic N) is 4.